The van der Waals surface area contributed by atoms with Crippen molar-refractivity contribution in [3.8, 4) is 0 Å². The van der Waals surface area contributed by atoms with E-state index in [0.717, 1.165) is 17.6 Å². The highest BCUT2D eigenvalue weighted by molar-refractivity contribution is 5.84. The number of hydrogen-bond donors (Lipinski definition) is 0. The molecular formula is C19H32NO4+. The molecule has 0 N–H and O–H groups in total. The summed E-state index contributed by atoms with van der Waals surface area (Å²) >= 11 is 0. The third kappa shape index (κ3) is 6.57. The van der Waals surface area contributed by atoms with E-state index in [4.69, 9.17) is 14.2 Å². The second-order valence-electron chi connectivity index (χ2n) is 6.50. The number of ether oxygens (including phenoxy) is 3. The van der Waals surface area contributed by atoms with Gasteiger partial charge in [-0.1, -0.05) is 26.0 Å². The van der Waals surface area contributed by atoms with Crippen LogP contribution in [-0.4, -0.2) is 49.5 Å². The molecule has 5 heteroatoms. The van der Waals surface area contributed by atoms with Gasteiger partial charge in [0.2, 0.25) is 12.8 Å². The van der Waals surface area contributed by atoms with Crippen LogP contribution >= 0.6 is 0 Å². The number of hydrogen-bond acceptors (Lipinski definition) is 4. The Morgan fingerprint density at radius 1 is 1.25 bits per heavy atom. The zero-order valence-corrected chi connectivity index (χ0v) is 15.9. The molecule has 1 amide bonds. The van der Waals surface area contributed by atoms with Crippen LogP contribution in [-0.2, 0) is 14.2 Å². The highest BCUT2D eigenvalue weighted by Gasteiger charge is 2.27. The standard InChI is InChI=1S/C19H32NO4/c1-7-22-17(23-8-2)14-20(18(21)24-9-3)13-16-12-19(5,6)11-10-15(16)4/h10,12-13,17H,7-9,11,14H2,1-6H3/q+1/b20-13-. The molecule has 136 valence electrons. The molecule has 5 nitrogen and oxygen atoms in total. The van der Waals surface area contributed by atoms with E-state index in [1.807, 2.05) is 20.1 Å². The molecule has 0 aliphatic heterocycles. The summed E-state index contributed by atoms with van der Waals surface area (Å²) in [5, 5.41) is 0. The molecule has 1 rings (SSSR count). The van der Waals surface area contributed by atoms with Crippen LogP contribution in [0.1, 0.15) is 48.0 Å². The van der Waals surface area contributed by atoms with E-state index in [0.29, 0.717) is 26.4 Å². The van der Waals surface area contributed by atoms with Crippen molar-refractivity contribution in [2.24, 2.45) is 5.41 Å². The molecule has 0 fully saturated rings. The summed E-state index contributed by atoms with van der Waals surface area (Å²) < 4.78 is 17.9. The van der Waals surface area contributed by atoms with Crippen molar-refractivity contribution in [2.45, 2.75) is 54.3 Å². The zero-order chi connectivity index (χ0) is 18.2. The van der Waals surface area contributed by atoms with Crippen LogP contribution < -0.4 is 0 Å². The summed E-state index contributed by atoms with van der Waals surface area (Å²) in [5.74, 6) is 0. The van der Waals surface area contributed by atoms with Gasteiger partial charge in [-0.05, 0) is 45.1 Å². The quantitative estimate of drug-likeness (QED) is 0.382. The van der Waals surface area contributed by atoms with Gasteiger partial charge in [0.15, 0.2) is 6.21 Å². The summed E-state index contributed by atoms with van der Waals surface area (Å²) in [7, 11) is 0. The molecule has 0 aromatic heterocycles. The summed E-state index contributed by atoms with van der Waals surface area (Å²) in [6.45, 7) is 13.7. The molecule has 0 unspecified atom stereocenters. The Labute approximate surface area is 146 Å². The minimum atomic E-state index is -0.470. The fourth-order valence-electron chi connectivity index (χ4n) is 2.51. The predicted molar refractivity (Wildman–Crippen MR) is 95.5 cm³/mol. The number of carbonyl (C=O) groups excluding carboxylic acids is 1. The SMILES string of the molecule is CCOC(=O)/[N+](=C\C1=CC(C)(C)CC=C1C)CC(OCC)OCC. The smallest absolute Gasteiger partial charge is 0.412 e. The van der Waals surface area contributed by atoms with Crippen LogP contribution in [0.3, 0.4) is 0 Å². The van der Waals surface area contributed by atoms with E-state index in [9.17, 15) is 4.79 Å². The highest BCUT2D eigenvalue weighted by Crippen LogP contribution is 2.31. The number of nitrogens with zero attached hydrogens (tertiary/aromatic N) is 1. The van der Waals surface area contributed by atoms with Crippen LogP contribution in [0.25, 0.3) is 0 Å². The van der Waals surface area contributed by atoms with E-state index in [2.05, 4.69) is 32.9 Å². The van der Waals surface area contributed by atoms with E-state index < -0.39 is 6.29 Å². The topological polar surface area (TPSA) is 47.8 Å². The molecule has 0 aromatic carbocycles. The van der Waals surface area contributed by atoms with Crippen LogP contribution in [0.5, 0.6) is 0 Å². The van der Waals surface area contributed by atoms with Crippen molar-refractivity contribution in [3.63, 3.8) is 0 Å². The largest absolute Gasteiger partial charge is 0.596 e. The number of rotatable bonds is 8. The van der Waals surface area contributed by atoms with Crippen LogP contribution in [0.2, 0.25) is 0 Å². The van der Waals surface area contributed by atoms with E-state index >= 15 is 0 Å². The van der Waals surface area contributed by atoms with Gasteiger partial charge in [0.05, 0.1) is 6.61 Å². The Balaban J connectivity index is 3.10. The minimum Gasteiger partial charge on any atom is -0.412 e. The lowest BCUT2D eigenvalue weighted by atomic mass is 9.81. The maximum Gasteiger partial charge on any atom is 0.596 e. The lowest BCUT2D eigenvalue weighted by molar-refractivity contribution is -0.469. The average Bonchev–Trinajstić information content (AvgIpc) is 2.50. The fraction of sp³-hybridized carbons (Fsp3) is 0.684. The molecule has 0 saturated carbocycles. The Kier molecular flexibility index (Phi) is 8.36. The van der Waals surface area contributed by atoms with Crippen LogP contribution in [0, 0.1) is 5.41 Å². The first-order valence-electron chi connectivity index (χ1n) is 8.74. The van der Waals surface area contributed by atoms with Gasteiger partial charge in [-0.3, -0.25) is 0 Å². The average molecular weight is 338 g/mol. The van der Waals surface area contributed by atoms with Crippen molar-refractivity contribution in [2.75, 3.05) is 26.4 Å². The molecule has 24 heavy (non-hydrogen) atoms. The van der Waals surface area contributed by atoms with Gasteiger partial charge < -0.3 is 14.2 Å². The summed E-state index contributed by atoms with van der Waals surface area (Å²) in [4.78, 5) is 12.3. The molecule has 0 aromatic rings. The van der Waals surface area contributed by atoms with Crippen LogP contribution in [0.15, 0.2) is 23.3 Å². The van der Waals surface area contributed by atoms with Gasteiger partial charge in [0, 0.05) is 18.8 Å². The van der Waals surface area contributed by atoms with Gasteiger partial charge in [0.1, 0.15) is 0 Å². The zero-order valence-electron chi connectivity index (χ0n) is 15.9. The van der Waals surface area contributed by atoms with Crippen molar-refractivity contribution in [3.05, 3.63) is 23.3 Å². The van der Waals surface area contributed by atoms with Crippen molar-refractivity contribution in [1.82, 2.24) is 0 Å². The fourth-order valence-corrected chi connectivity index (χ4v) is 2.51. The molecule has 0 atom stereocenters. The van der Waals surface area contributed by atoms with E-state index in [1.54, 1.807) is 11.5 Å². The third-order valence-electron chi connectivity index (χ3n) is 3.78. The maximum atomic E-state index is 12.3. The first-order chi connectivity index (χ1) is 11.3. The molecule has 0 spiro atoms. The summed E-state index contributed by atoms with van der Waals surface area (Å²) in [6, 6.07) is 0. The molecule has 0 bridgehead atoms. The predicted octanol–water partition coefficient (Wildman–Crippen LogP) is 3.93. The Hall–Kier alpha value is -1.46. The van der Waals surface area contributed by atoms with Crippen molar-refractivity contribution < 1.29 is 23.6 Å². The van der Waals surface area contributed by atoms with Gasteiger partial charge in [-0.25, -0.2) is 0 Å². The van der Waals surface area contributed by atoms with Crippen LogP contribution in [0.4, 0.5) is 4.79 Å². The molecular weight excluding hydrogens is 306 g/mol. The maximum absolute atomic E-state index is 12.3. The molecule has 0 heterocycles. The Morgan fingerprint density at radius 2 is 1.88 bits per heavy atom. The van der Waals surface area contributed by atoms with Gasteiger partial charge in [0.25, 0.3) is 0 Å². The number of carbonyl (C=O) groups is 1. The highest BCUT2D eigenvalue weighted by atomic mass is 16.7. The molecule has 1 aliphatic rings. The molecule has 1 aliphatic carbocycles. The number of amides is 1. The van der Waals surface area contributed by atoms with Gasteiger partial charge in [-0.2, -0.15) is 4.79 Å². The minimum absolute atomic E-state index is 0.0743. The number of allylic oxidation sites excluding steroid dienone is 4. The lowest BCUT2D eigenvalue weighted by Gasteiger charge is -2.24. The van der Waals surface area contributed by atoms with Crippen molar-refractivity contribution in [1.29, 1.82) is 0 Å². The second kappa shape index (κ2) is 9.74. The van der Waals surface area contributed by atoms with E-state index in [-0.39, 0.29) is 11.5 Å². The molecule has 0 saturated heterocycles. The second-order valence-corrected chi connectivity index (χ2v) is 6.50. The van der Waals surface area contributed by atoms with Gasteiger partial charge >= 0.3 is 6.09 Å². The van der Waals surface area contributed by atoms with E-state index in [1.165, 1.54) is 0 Å². The Morgan fingerprint density at radius 3 is 2.42 bits per heavy atom. The Bertz CT molecular complexity index is 511. The molecule has 0 radical (unpaired) electrons. The summed E-state index contributed by atoms with van der Waals surface area (Å²) in [5.41, 5.74) is 2.27. The first kappa shape index (κ1) is 20.6. The lowest BCUT2D eigenvalue weighted by Crippen LogP contribution is -2.35. The normalized spacial score (nSPS) is 17.5. The van der Waals surface area contributed by atoms with Gasteiger partial charge in [-0.15, -0.1) is 4.58 Å². The monoisotopic (exact) mass is 338 g/mol. The van der Waals surface area contributed by atoms with Crippen molar-refractivity contribution >= 4 is 12.3 Å². The third-order valence-corrected chi connectivity index (χ3v) is 3.78. The first-order valence-corrected chi connectivity index (χ1v) is 8.74. The summed E-state index contributed by atoms with van der Waals surface area (Å²) in [6.07, 6.45) is 6.38.